The summed E-state index contributed by atoms with van der Waals surface area (Å²) in [6.07, 6.45) is 8.24. The average molecular weight is 626 g/mol. The van der Waals surface area contributed by atoms with E-state index in [0.717, 1.165) is 37.2 Å². The van der Waals surface area contributed by atoms with Crippen LogP contribution in [0.4, 0.5) is 27.4 Å². The van der Waals surface area contributed by atoms with Crippen LogP contribution in [0, 0.1) is 5.82 Å². The van der Waals surface area contributed by atoms with Gasteiger partial charge in [-0.1, -0.05) is 6.58 Å². The maximum atomic E-state index is 15.5. The van der Waals surface area contributed by atoms with Crippen LogP contribution in [0.5, 0.6) is 17.2 Å². The molecule has 2 aromatic heterocycles. The number of methoxy groups -OCH3 is 1. The fourth-order valence-electron chi connectivity index (χ4n) is 6.59. The molecule has 2 atom stereocenters. The van der Waals surface area contributed by atoms with Crippen molar-refractivity contribution in [1.29, 1.82) is 0 Å². The number of benzene rings is 2. The maximum Gasteiger partial charge on any atom is 0.245 e. The molecule has 46 heavy (non-hydrogen) atoms. The lowest BCUT2D eigenvalue weighted by atomic mass is 10.0. The zero-order chi connectivity index (χ0) is 31.6. The summed E-state index contributed by atoms with van der Waals surface area (Å²) in [6, 6.07) is 12.9. The van der Waals surface area contributed by atoms with Gasteiger partial charge in [-0.3, -0.25) is 4.79 Å². The van der Waals surface area contributed by atoms with Crippen LogP contribution < -0.4 is 25.0 Å². The Bertz CT molecular complexity index is 1750. The number of morpholine rings is 1. The SMILES string of the molecule is C=CC(=O)N1CCC(Nc2cc3c(Nc4ccc(Oc5ccnc(N6C7CCC6COC7)c5)cc4F)ncnc3cc2OC)CC1. The molecule has 3 aliphatic heterocycles. The number of nitrogens with zero attached hydrogens (tertiary/aromatic N) is 5. The van der Waals surface area contributed by atoms with Gasteiger partial charge in [-0.15, -0.1) is 0 Å². The van der Waals surface area contributed by atoms with Gasteiger partial charge in [-0.2, -0.15) is 0 Å². The average Bonchev–Trinajstić information content (AvgIpc) is 3.33. The first-order chi connectivity index (χ1) is 22.5. The second-order valence-corrected chi connectivity index (χ2v) is 11.8. The molecule has 1 amide bonds. The number of nitrogens with one attached hydrogen (secondary N) is 2. The Hall–Kier alpha value is -4.97. The molecule has 3 aliphatic rings. The highest BCUT2D eigenvalue weighted by Crippen LogP contribution is 2.37. The first kappa shape index (κ1) is 29.7. The van der Waals surface area contributed by atoms with Gasteiger partial charge in [0, 0.05) is 48.9 Å². The molecule has 12 heteroatoms. The minimum Gasteiger partial charge on any atom is -0.495 e. The van der Waals surface area contributed by atoms with E-state index >= 15 is 4.39 Å². The van der Waals surface area contributed by atoms with Crippen LogP contribution in [0.15, 0.2) is 67.6 Å². The number of carbonyl (C=O) groups excluding carboxylic acids is 1. The van der Waals surface area contributed by atoms with Crippen LogP contribution in [0.25, 0.3) is 10.9 Å². The number of halogens is 1. The maximum absolute atomic E-state index is 15.5. The molecule has 4 aromatic rings. The lowest BCUT2D eigenvalue weighted by Gasteiger charge is -2.35. The molecule has 0 aliphatic carbocycles. The molecule has 0 saturated carbocycles. The van der Waals surface area contributed by atoms with Crippen LogP contribution >= 0.6 is 0 Å². The third kappa shape index (κ3) is 6.00. The van der Waals surface area contributed by atoms with Crippen molar-refractivity contribution < 1.29 is 23.4 Å². The van der Waals surface area contributed by atoms with E-state index in [4.69, 9.17) is 14.2 Å². The smallest absolute Gasteiger partial charge is 0.245 e. The molecule has 11 nitrogen and oxygen atoms in total. The molecule has 0 spiro atoms. The molecule has 2 bridgehead atoms. The zero-order valence-electron chi connectivity index (χ0n) is 25.6. The van der Waals surface area contributed by atoms with Crippen molar-refractivity contribution in [1.82, 2.24) is 19.9 Å². The Morgan fingerprint density at radius 2 is 1.78 bits per heavy atom. The monoisotopic (exact) mass is 625 g/mol. The number of fused-ring (bicyclic) bond motifs is 3. The third-order valence-corrected chi connectivity index (χ3v) is 8.95. The van der Waals surface area contributed by atoms with Crippen LogP contribution in [0.2, 0.25) is 0 Å². The zero-order valence-corrected chi connectivity index (χ0v) is 25.6. The van der Waals surface area contributed by atoms with Crippen LogP contribution in [-0.2, 0) is 9.53 Å². The Labute approximate surface area is 266 Å². The fourth-order valence-corrected chi connectivity index (χ4v) is 6.59. The minimum atomic E-state index is -0.488. The Kier molecular flexibility index (Phi) is 8.27. The number of hydrogen-bond acceptors (Lipinski definition) is 10. The molecule has 2 aromatic carbocycles. The number of aromatic nitrogens is 3. The summed E-state index contributed by atoms with van der Waals surface area (Å²) in [7, 11) is 1.61. The largest absolute Gasteiger partial charge is 0.495 e. The van der Waals surface area contributed by atoms with Crippen molar-refractivity contribution in [2.45, 2.75) is 43.8 Å². The number of hydrogen-bond donors (Lipinski definition) is 2. The topological polar surface area (TPSA) is 114 Å². The minimum absolute atomic E-state index is 0.0525. The normalized spacial score (nSPS) is 19.6. The van der Waals surface area contributed by atoms with Gasteiger partial charge in [-0.25, -0.2) is 19.3 Å². The first-order valence-corrected chi connectivity index (χ1v) is 15.6. The highest BCUT2D eigenvalue weighted by atomic mass is 19.1. The molecular weight excluding hydrogens is 589 g/mol. The van der Waals surface area contributed by atoms with Gasteiger partial charge in [0.25, 0.3) is 0 Å². The van der Waals surface area contributed by atoms with Gasteiger partial charge in [0.2, 0.25) is 5.91 Å². The van der Waals surface area contributed by atoms with Gasteiger partial charge >= 0.3 is 0 Å². The van der Waals surface area contributed by atoms with Gasteiger partial charge in [0.15, 0.2) is 0 Å². The summed E-state index contributed by atoms with van der Waals surface area (Å²) in [6.45, 7) is 6.28. The van der Waals surface area contributed by atoms with E-state index in [1.807, 2.05) is 18.2 Å². The van der Waals surface area contributed by atoms with Crippen molar-refractivity contribution in [3.05, 3.63) is 73.5 Å². The van der Waals surface area contributed by atoms with E-state index in [1.165, 1.54) is 18.5 Å². The summed E-state index contributed by atoms with van der Waals surface area (Å²) in [5.74, 6) is 2.35. The summed E-state index contributed by atoms with van der Waals surface area (Å²) >= 11 is 0. The number of rotatable bonds is 9. The van der Waals surface area contributed by atoms with Gasteiger partial charge in [-0.05, 0) is 56.0 Å². The summed E-state index contributed by atoms with van der Waals surface area (Å²) < 4.78 is 32.9. The molecule has 2 N–H and O–H groups in total. The number of ether oxygens (including phenoxy) is 3. The fraction of sp³-hybridized carbons (Fsp3) is 0.353. The lowest BCUT2D eigenvalue weighted by Crippen LogP contribution is -2.46. The van der Waals surface area contributed by atoms with Crippen LogP contribution in [0.3, 0.4) is 0 Å². The predicted octanol–water partition coefficient (Wildman–Crippen LogP) is 5.66. The van der Waals surface area contributed by atoms with E-state index in [1.54, 1.807) is 36.4 Å². The van der Waals surface area contributed by atoms with Gasteiger partial charge in [0.1, 0.15) is 41.0 Å². The van der Waals surface area contributed by atoms with Crippen molar-refractivity contribution in [3.63, 3.8) is 0 Å². The molecule has 3 fully saturated rings. The highest BCUT2D eigenvalue weighted by molar-refractivity contribution is 5.95. The highest BCUT2D eigenvalue weighted by Gasteiger charge is 2.38. The van der Waals surface area contributed by atoms with E-state index in [-0.39, 0.29) is 17.6 Å². The standard InChI is InChI=1S/C34H36FN7O4/c1-3-33(43)41-12-9-21(10-13-41)39-30-16-26-29(17-31(30)44-2)37-20-38-34(26)40-28-7-6-24(14-27(28)35)46-25-8-11-36-32(15-25)42-22-4-5-23(42)19-45-18-22/h3,6-8,11,14-17,20-23,39H,1,4-5,9-10,12-13,18-19H2,2H3,(H,37,38,40). The first-order valence-electron chi connectivity index (χ1n) is 15.6. The van der Waals surface area contributed by atoms with E-state index in [9.17, 15) is 4.79 Å². The van der Waals surface area contributed by atoms with E-state index in [0.29, 0.717) is 72.4 Å². The number of pyridine rings is 1. The molecule has 5 heterocycles. The number of carbonyl (C=O) groups is 1. The second kappa shape index (κ2) is 12.8. The summed E-state index contributed by atoms with van der Waals surface area (Å²) in [4.78, 5) is 29.5. The molecule has 7 rings (SSSR count). The Morgan fingerprint density at radius 1 is 1.00 bits per heavy atom. The second-order valence-electron chi connectivity index (χ2n) is 11.8. The number of amides is 1. The van der Waals surface area contributed by atoms with Gasteiger partial charge in [0.05, 0.1) is 49.3 Å². The van der Waals surface area contributed by atoms with E-state index in [2.05, 4.69) is 37.1 Å². The van der Waals surface area contributed by atoms with Crippen molar-refractivity contribution >= 4 is 39.8 Å². The van der Waals surface area contributed by atoms with Crippen LogP contribution in [-0.4, -0.2) is 77.3 Å². The number of piperidine rings is 1. The number of anilines is 4. The van der Waals surface area contributed by atoms with E-state index < -0.39 is 5.82 Å². The van der Waals surface area contributed by atoms with Crippen molar-refractivity contribution in [2.75, 3.05) is 48.9 Å². The molecule has 0 radical (unpaired) electrons. The Balaban J connectivity index is 1.07. The summed E-state index contributed by atoms with van der Waals surface area (Å²) in [5.41, 5.74) is 1.67. The quantitative estimate of drug-likeness (QED) is 0.226. The molecule has 238 valence electrons. The predicted molar refractivity (Wildman–Crippen MR) is 174 cm³/mol. The Morgan fingerprint density at radius 3 is 2.52 bits per heavy atom. The van der Waals surface area contributed by atoms with Crippen molar-refractivity contribution in [2.24, 2.45) is 0 Å². The van der Waals surface area contributed by atoms with Crippen LogP contribution in [0.1, 0.15) is 25.7 Å². The lowest BCUT2D eigenvalue weighted by molar-refractivity contribution is -0.126. The third-order valence-electron chi connectivity index (χ3n) is 8.95. The molecule has 3 saturated heterocycles. The molecular formula is C34H36FN7O4. The van der Waals surface area contributed by atoms with Gasteiger partial charge < -0.3 is 34.6 Å². The van der Waals surface area contributed by atoms with Crippen molar-refractivity contribution in [3.8, 4) is 17.2 Å². The summed E-state index contributed by atoms with van der Waals surface area (Å²) in [5, 5.41) is 7.40. The molecule has 2 unspecified atom stereocenters. The number of likely N-dealkylation sites (tertiary alicyclic amines) is 1.